The van der Waals surface area contributed by atoms with Crippen LogP contribution in [0.5, 0.6) is 0 Å². The van der Waals surface area contributed by atoms with Gasteiger partial charge in [0.1, 0.15) is 11.5 Å². The second-order valence-electron chi connectivity index (χ2n) is 7.41. The zero-order valence-corrected chi connectivity index (χ0v) is 14.0. The van der Waals surface area contributed by atoms with E-state index in [0.717, 1.165) is 63.7 Å². The lowest BCUT2D eigenvalue weighted by atomic mass is 10.0. The lowest BCUT2D eigenvalue weighted by molar-refractivity contribution is 0.105. The van der Waals surface area contributed by atoms with Gasteiger partial charge in [-0.1, -0.05) is 6.92 Å². The van der Waals surface area contributed by atoms with Crippen molar-refractivity contribution in [3.63, 3.8) is 0 Å². The van der Waals surface area contributed by atoms with E-state index >= 15 is 0 Å². The maximum atomic E-state index is 12.0. The quantitative estimate of drug-likeness (QED) is 0.929. The van der Waals surface area contributed by atoms with Crippen molar-refractivity contribution >= 4 is 6.03 Å². The number of hydrogen-bond donors (Lipinski definition) is 1. The minimum absolute atomic E-state index is 0.129. The maximum Gasteiger partial charge on any atom is 0.317 e. The Bertz CT molecular complexity index is 562. The summed E-state index contributed by atoms with van der Waals surface area (Å²) in [5, 5.41) is 2.96. The van der Waals surface area contributed by atoms with Crippen LogP contribution in [-0.2, 0) is 6.54 Å². The predicted molar refractivity (Wildman–Crippen MR) is 88.3 cm³/mol. The lowest BCUT2D eigenvalue weighted by Crippen LogP contribution is -2.54. The SMILES string of the molecule is CC1CC1c1ccc(CN2CCC(N3CCCNC3=O)CC2)o1. The number of piperidine rings is 1. The molecular weight excluding hydrogens is 290 g/mol. The van der Waals surface area contributed by atoms with Crippen LogP contribution >= 0.6 is 0 Å². The second-order valence-corrected chi connectivity index (χ2v) is 7.41. The van der Waals surface area contributed by atoms with Crippen LogP contribution in [0.2, 0.25) is 0 Å². The number of nitrogens with one attached hydrogen (secondary N) is 1. The largest absolute Gasteiger partial charge is 0.464 e. The lowest BCUT2D eigenvalue weighted by Gasteiger charge is -2.40. The number of amides is 2. The molecule has 1 N–H and O–H groups in total. The van der Waals surface area contributed by atoms with E-state index in [-0.39, 0.29) is 6.03 Å². The molecule has 2 atom stereocenters. The van der Waals surface area contributed by atoms with Crippen LogP contribution in [-0.4, -0.2) is 48.1 Å². The fraction of sp³-hybridized carbons (Fsp3) is 0.722. The first-order valence-electron chi connectivity index (χ1n) is 9.06. The monoisotopic (exact) mass is 317 g/mol. The topological polar surface area (TPSA) is 48.7 Å². The molecule has 0 radical (unpaired) electrons. The van der Waals surface area contributed by atoms with E-state index in [2.05, 4.69) is 29.3 Å². The van der Waals surface area contributed by atoms with Gasteiger partial charge in [0.15, 0.2) is 0 Å². The first-order valence-corrected chi connectivity index (χ1v) is 9.06. The number of hydrogen-bond acceptors (Lipinski definition) is 3. The number of nitrogens with zero attached hydrogens (tertiary/aromatic N) is 2. The minimum atomic E-state index is 0.129. The molecule has 0 aromatic carbocycles. The normalized spacial score (nSPS) is 29.6. The molecule has 2 amide bonds. The molecule has 2 aliphatic heterocycles. The van der Waals surface area contributed by atoms with Gasteiger partial charge in [0.05, 0.1) is 6.54 Å². The number of urea groups is 1. The van der Waals surface area contributed by atoms with Crippen molar-refractivity contribution in [1.82, 2.24) is 15.1 Å². The average Bonchev–Trinajstić information content (AvgIpc) is 3.11. The Morgan fingerprint density at radius 2 is 2.04 bits per heavy atom. The van der Waals surface area contributed by atoms with Crippen molar-refractivity contribution in [2.75, 3.05) is 26.2 Å². The van der Waals surface area contributed by atoms with E-state index in [1.54, 1.807) is 0 Å². The average molecular weight is 317 g/mol. The Hall–Kier alpha value is -1.49. The van der Waals surface area contributed by atoms with Crippen LogP contribution in [0.4, 0.5) is 4.79 Å². The van der Waals surface area contributed by atoms with Crippen LogP contribution < -0.4 is 5.32 Å². The van der Waals surface area contributed by atoms with Gasteiger partial charge in [-0.3, -0.25) is 4.90 Å². The molecule has 2 saturated heterocycles. The van der Waals surface area contributed by atoms with Crippen molar-refractivity contribution in [2.45, 2.75) is 51.1 Å². The predicted octanol–water partition coefficient (Wildman–Crippen LogP) is 2.78. The van der Waals surface area contributed by atoms with Crippen molar-refractivity contribution in [3.8, 4) is 0 Å². The summed E-state index contributed by atoms with van der Waals surface area (Å²) in [6.45, 7) is 7.02. The fourth-order valence-corrected chi connectivity index (χ4v) is 4.00. The Balaban J connectivity index is 1.28. The van der Waals surface area contributed by atoms with Crippen LogP contribution in [0.15, 0.2) is 16.5 Å². The van der Waals surface area contributed by atoms with E-state index in [9.17, 15) is 4.79 Å². The third kappa shape index (κ3) is 3.25. The van der Waals surface area contributed by atoms with Gasteiger partial charge in [0.2, 0.25) is 0 Å². The van der Waals surface area contributed by atoms with Crippen molar-refractivity contribution in [3.05, 3.63) is 23.7 Å². The number of carbonyl (C=O) groups excluding carboxylic acids is 1. The summed E-state index contributed by atoms with van der Waals surface area (Å²) in [5.74, 6) is 3.72. The summed E-state index contributed by atoms with van der Waals surface area (Å²) >= 11 is 0. The number of likely N-dealkylation sites (tertiary alicyclic amines) is 1. The zero-order valence-electron chi connectivity index (χ0n) is 14.0. The first-order chi connectivity index (χ1) is 11.2. The molecule has 1 aromatic heterocycles. The molecule has 4 rings (SSSR count). The van der Waals surface area contributed by atoms with Gasteiger partial charge in [0.25, 0.3) is 0 Å². The molecule has 126 valence electrons. The smallest absolute Gasteiger partial charge is 0.317 e. The highest BCUT2D eigenvalue weighted by atomic mass is 16.3. The third-order valence-corrected chi connectivity index (χ3v) is 5.65. The Labute approximate surface area is 138 Å². The standard InChI is InChI=1S/C18H27N3O2/c1-13-11-16(13)17-4-3-15(23-17)12-20-9-5-14(6-10-20)21-8-2-7-19-18(21)22/h3-4,13-14,16H,2,5-12H2,1H3,(H,19,22). The van der Waals surface area contributed by atoms with Gasteiger partial charge in [-0.15, -0.1) is 0 Å². The van der Waals surface area contributed by atoms with Crippen LogP contribution in [0.1, 0.15) is 50.0 Å². The Morgan fingerprint density at radius 3 is 2.74 bits per heavy atom. The maximum absolute atomic E-state index is 12.0. The summed E-state index contributed by atoms with van der Waals surface area (Å²) < 4.78 is 6.02. The number of rotatable bonds is 4. The van der Waals surface area contributed by atoms with Gasteiger partial charge in [-0.25, -0.2) is 4.79 Å². The summed E-state index contributed by atoms with van der Waals surface area (Å²) in [6, 6.07) is 4.84. The Morgan fingerprint density at radius 1 is 1.26 bits per heavy atom. The molecule has 0 spiro atoms. The summed E-state index contributed by atoms with van der Waals surface area (Å²) in [4.78, 5) is 16.4. The fourth-order valence-electron chi connectivity index (χ4n) is 4.00. The molecule has 0 bridgehead atoms. The molecule has 1 saturated carbocycles. The van der Waals surface area contributed by atoms with Gasteiger partial charge in [0, 0.05) is 38.1 Å². The molecule has 1 aromatic rings. The molecule has 5 nitrogen and oxygen atoms in total. The third-order valence-electron chi connectivity index (χ3n) is 5.65. The minimum Gasteiger partial charge on any atom is -0.464 e. The number of furan rings is 1. The molecular formula is C18H27N3O2. The van der Waals surface area contributed by atoms with Crippen LogP contribution in [0.3, 0.4) is 0 Å². The van der Waals surface area contributed by atoms with E-state index in [1.165, 1.54) is 12.2 Å². The van der Waals surface area contributed by atoms with Crippen LogP contribution in [0.25, 0.3) is 0 Å². The van der Waals surface area contributed by atoms with E-state index in [1.807, 2.05) is 4.90 Å². The summed E-state index contributed by atoms with van der Waals surface area (Å²) in [6.07, 6.45) is 4.48. The van der Waals surface area contributed by atoms with E-state index in [0.29, 0.717) is 12.0 Å². The van der Waals surface area contributed by atoms with Gasteiger partial charge in [-0.2, -0.15) is 0 Å². The first kappa shape index (κ1) is 15.1. The highest BCUT2D eigenvalue weighted by molar-refractivity contribution is 5.75. The van der Waals surface area contributed by atoms with Gasteiger partial charge < -0.3 is 14.6 Å². The van der Waals surface area contributed by atoms with Gasteiger partial charge in [-0.05, 0) is 43.7 Å². The molecule has 5 heteroatoms. The van der Waals surface area contributed by atoms with Crippen molar-refractivity contribution in [2.24, 2.45) is 5.92 Å². The molecule has 3 heterocycles. The molecule has 2 unspecified atom stereocenters. The molecule has 3 aliphatic rings. The van der Waals surface area contributed by atoms with Crippen molar-refractivity contribution < 1.29 is 9.21 Å². The van der Waals surface area contributed by atoms with Crippen LogP contribution in [0, 0.1) is 5.92 Å². The highest BCUT2D eigenvalue weighted by Gasteiger charge is 2.36. The molecule has 1 aliphatic carbocycles. The van der Waals surface area contributed by atoms with Crippen molar-refractivity contribution in [1.29, 1.82) is 0 Å². The molecule has 3 fully saturated rings. The van der Waals surface area contributed by atoms with E-state index in [4.69, 9.17) is 4.42 Å². The molecule has 23 heavy (non-hydrogen) atoms. The zero-order chi connectivity index (χ0) is 15.8. The summed E-state index contributed by atoms with van der Waals surface area (Å²) in [7, 11) is 0. The highest BCUT2D eigenvalue weighted by Crippen LogP contribution is 2.47. The number of carbonyl (C=O) groups is 1. The summed E-state index contributed by atoms with van der Waals surface area (Å²) in [5.41, 5.74) is 0. The van der Waals surface area contributed by atoms with E-state index < -0.39 is 0 Å². The second kappa shape index (κ2) is 6.19. The van der Waals surface area contributed by atoms with Gasteiger partial charge >= 0.3 is 6.03 Å². The Kier molecular flexibility index (Phi) is 4.05.